The molecule has 0 N–H and O–H groups in total. The van der Waals surface area contributed by atoms with Gasteiger partial charge in [-0.1, -0.05) is 60.7 Å². The summed E-state index contributed by atoms with van der Waals surface area (Å²) in [5.41, 5.74) is 2.48. The molecule has 0 bridgehead atoms. The van der Waals surface area contributed by atoms with Crippen molar-refractivity contribution in [2.75, 3.05) is 0 Å². The molecule has 0 aliphatic carbocycles. The zero-order valence-electron chi connectivity index (χ0n) is 18.3. The number of amides is 1. The number of rotatable bonds is 3. The first-order valence-corrected chi connectivity index (χ1v) is 10.4. The topological polar surface area (TPSA) is 64.4 Å². The van der Waals surface area contributed by atoms with Gasteiger partial charge in [0.2, 0.25) is 0 Å². The van der Waals surface area contributed by atoms with Gasteiger partial charge in [-0.15, -0.1) is 0 Å². The summed E-state index contributed by atoms with van der Waals surface area (Å²) in [5, 5.41) is 0. The molecule has 1 amide bonds. The number of benzene rings is 2. The highest BCUT2D eigenvalue weighted by molar-refractivity contribution is 5.69. The summed E-state index contributed by atoms with van der Waals surface area (Å²) in [4.78, 5) is 32.5. The Hall–Kier alpha value is -3.41. The van der Waals surface area contributed by atoms with Gasteiger partial charge in [-0.05, 0) is 38.8 Å². The van der Waals surface area contributed by atoms with Gasteiger partial charge in [-0.3, -0.25) is 14.3 Å². The highest BCUT2D eigenvalue weighted by Crippen LogP contribution is 2.28. The molecule has 0 atom stereocenters. The van der Waals surface area contributed by atoms with Crippen LogP contribution < -0.4 is 5.56 Å². The van der Waals surface area contributed by atoms with E-state index in [0.717, 1.165) is 11.1 Å². The van der Waals surface area contributed by atoms with Gasteiger partial charge in [-0.25, -0.2) is 9.78 Å². The van der Waals surface area contributed by atoms with E-state index in [0.29, 0.717) is 17.1 Å². The predicted octanol–water partition coefficient (Wildman–Crippen LogP) is 4.44. The van der Waals surface area contributed by atoms with Crippen LogP contribution >= 0.6 is 0 Å². The van der Waals surface area contributed by atoms with Crippen LogP contribution in [0, 0.1) is 6.92 Å². The average molecular weight is 418 g/mol. The summed E-state index contributed by atoms with van der Waals surface area (Å²) < 4.78 is 7.23. The third-order valence-electron chi connectivity index (χ3n) is 5.30. The van der Waals surface area contributed by atoms with Crippen LogP contribution in [-0.2, 0) is 17.8 Å². The summed E-state index contributed by atoms with van der Waals surface area (Å²) in [6.45, 7) is 7.81. The number of carbonyl (C=O) groups excluding carboxylic acids is 1. The molecule has 0 spiro atoms. The number of carbonyl (C=O) groups is 1. The average Bonchev–Trinajstić information content (AvgIpc) is 3.15. The first-order chi connectivity index (χ1) is 14.7. The largest absolute Gasteiger partial charge is 0.444 e. The van der Waals surface area contributed by atoms with Crippen LogP contribution in [0.2, 0.25) is 0 Å². The Labute approximate surface area is 182 Å². The minimum absolute atomic E-state index is 0.119. The van der Waals surface area contributed by atoms with Crippen molar-refractivity contribution in [2.24, 2.45) is 0 Å². The van der Waals surface area contributed by atoms with Crippen LogP contribution in [-0.4, -0.2) is 26.1 Å². The van der Waals surface area contributed by atoms with Crippen molar-refractivity contribution in [3.8, 4) is 0 Å². The van der Waals surface area contributed by atoms with Gasteiger partial charge in [0.05, 0.1) is 30.4 Å². The molecule has 31 heavy (non-hydrogen) atoms. The van der Waals surface area contributed by atoms with E-state index in [-0.39, 0.29) is 24.7 Å². The van der Waals surface area contributed by atoms with Crippen molar-refractivity contribution in [1.29, 1.82) is 0 Å². The van der Waals surface area contributed by atoms with E-state index in [2.05, 4.69) is 0 Å². The zero-order chi connectivity index (χ0) is 22.2. The molecule has 1 aromatic heterocycles. The van der Waals surface area contributed by atoms with Crippen LogP contribution in [0.3, 0.4) is 0 Å². The summed E-state index contributed by atoms with van der Waals surface area (Å²) in [7, 11) is 0. The third kappa shape index (κ3) is 4.24. The zero-order valence-corrected chi connectivity index (χ0v) is 18.3. The molecule has 0 saturated carbocycles. The van der Waals surface area contributed by atoms with E-state index in [9.17, 15) is 9.59 Å². The summed E-state index contributed by atoms with van der Waals surface area (Å²) in [6.07, 6.45) is -0.434. The van der Waals surface area contributed by atoms with Crippen molar-refractivity contribution < 1.29 is 9.53 Å². The molecular formula is C25H27N3O3. The number of aromatic nitrogens is 2. The SMILES string of the molecule is Cc1nc2c(c(=O)n1C(c1ccccc1)c1ccccc1)CN(C(=O)OC(C)(C)C)C2. The van der Waals surface area contributed by atoms with Gasteiger partial charge in [0.15, 0.2) is 0 Å². The molecule has 0 fully saturated rings. The van der Waals surface area contributed by atoms with Crippen molar-refractivity contribution >= 4 is 6.09 Å². The van der Waals surface area contributed by atoms with Gasteiger partial charge in [0.25, 0.3) is 5.56 Å². The molecule has 3 aromatic rings. The lowest BCUT2D eigenvalue weighted by molar-refractivity contribution is 0.0240. The van der Waals surface area contributed by atoms with Gasteiger partial charge < -0.3 is 4.74 Å². The van der Waals surface area contributed by atoms with Crippen LogP contribution in [0.4, 0.5) is 4.79 Å². The van der Waals surface area contributed by atoms with Gasteiger partial charge in [0.1, 0.15) is 11.4 Å². The van der Waals surface area contributed by atoms with E-state index in [1.807, 2.05) is 88.4 Å². The number of aryl methyl sites for hydroxylation is 1. The Morgan fingerprint density at radius 1 is 0.968 bits per heavy atom. The quantitative estimate of drug-likeness (QED) is 0.632. The molecule has 0 saturated heterocycles. The van der Waals surface area contributed by atoms with Crippen molar-refractivity contribution in [2.45, 2.75) is 52.4 Å². The molecule has 0 radical (unpaired) electrons. The molecule has 6 nitrogen and oxygen atoms in total. The monoisotopic (exact) mass is 417 g/mol. The number of fused-ring (bicyclic) bond motifs is 1. The van der Waals surface area contributed by atoms with E-state index in [4.69, 9.17) is 9.72 Å². The van der Waals surface area contributed by atoms with Crippen molar-refractivity contribution in [3.63, 3.8) is 0 Å². The number of ether oxygens (including phenoxy) is 1. The Balaban J connectivity index is 1.78. The van der Waals surface area contributed by atoms with E-state index in [1.54, 1.807) is 4.57 Å². The lowest BCUT2D eigenvalue weighted by atomic mass is 9.98. The van der Waals surface area contributed by atoms with Crippen LogP contribution in [0.15, 0.2) is 65.5 Å². The maximum atomic E-state index is 13.7. The lowest BCUT2D eigenvalue weighted by Gasteiger charge is -2.24. The molecule has 6 heteroatoms. The van der Waals surface area contributed by atoms with E-state index in [1.165, 1.54) is 4.90 Å². The second-order valence-corrected chi connectivity index (χ2v) is 8.82. The second kappa shape index (κ2) is 8.02. The van der Waals surface area contributed by atoms with Crippen molar-refractivity contribution in [3.05, 3.63) is 99.2 Å². The van der Waals surface area contributed by atoms with Crippen LogP contribution in [0.25, 0.3) is 0 Å². The van der Waals surface area contributed by atoms with Gasteiger partial charge >= 0.3 is 6.09 Å². The van der Waals surface area contributed by atoms with Gasteiger partial charge in [-0.2, -0.15) is 0 Å². The molecule has 0 unspecified atom stereocenters. The normalized spacial score (nSPS) is 13.4. The maximum Gasteiger partial charge on any atom is 0.410 e. The third-order valence-corrected chi connectivity index (χ3v) is 5.30. The number of hydrogen-bond acceptors (Lipinski definition) is 4. The fraction of sp³-hybridized carbons (Fsp3) is 0.320. The Morgan fingerprint density at radius 2 is 1.52 bits per heavy atom. The fourth-order valence-corrected chi connectivity index (χ4v) is 3.97. The predicted molar refractivity (Wildman–Crippen MR) is 119 cm³/mol. The standard InChI is InChI=1S/C25H27N3O3/c1-17-26-21-16-27(24(30)31-25(2,3)4)15-20(21)23(29)28(17)22(18-11-7-5-8-12-18)19-13-9-6-10-14-19/h5-14,22H,15-16H2,1-4H3. The summed E-state index contributed by atoms with van der Waals surface area (Å²) in [5.74, 6) is 0.618. The van der Waals surface area contributed by atoms with E-state index < -0.39 is 11.7 Å². The van der Waals surface area contributed by atoms with Crippen LogP contribution in [0.5, 0.6) is 0 Å². The Bertz CT molecular complexity index is 1110. The second-order valence-electron chi connectivity index (χ2n) is 8.82. The smallest absolute Gasteiger partial charge is 0.410 e. The number of hydrogen-bond donors (Lipinski definition) is 0. The number of nitrogens with zero attached hydrogens (tertiary/aromatic N) is 3. The highest BCUT2D eigenvalue weighted by Gasteiger charge is 2.33. The lowest BCUT2D eigenvalue weighted by Crippen LogP contribution is -2.34. The molecule has 160 valence electrons. The minimum Gasteiger partial charge on any atom is -0.444 e. The van der Waals surface area contributed by atoms with Gasteiger partial charge in [0, 0.05) is 0 Å². The molecule has 1 aliphatic rings. The first kappa shape index (κ1) is 20.8. The Morgan fingerprint density at radius 3 is 2.03 bits per heavy atom. The molecule has 1 aliphatic heterocycles. The highest BCUT2D eigenvalue weighted by atomic mass is 16.6. The molecule has 2 heterocycles. The summed E-state index contributed by atoms with van der Waals surface area (Å²) in [6, 6.07) is 19.6. The molecule has 2 aromatic carbocycles. The van der Waals surface area contributed by atoms with E-state index >= 15 is 0 Å². The fourth-order valence-electron chi connectivity index (χ4n) is 3.97. The Kier molecular flexibility index (Phi) is 5.39. The molecular weight excluding hydrogens is 390 g/mol. The maximum absolute atomic E-state index is 13.7. The summed E-state index contributed by atoms with van der Waals surface area (Å²) >= 11 is 0. The van der Waals surface area contributed by atoms with Crippen LogP contribution in [0.1, 0.15) is 55.0 Å². The minimum atomic E-state index is -0.596. The van der Waals surface area contributed by atoms with Crippen molar-refractivity contribution in [1.82, 2.24) is 14.5 Å². The molecule has 4 rings (SSSR count). The first-order valence-electron chi connectivity index (χ1n) is 10.4.